The number of phosphoric ester groups is 1. The van der Waals surface area contributed by atoms with E-state index >= 15 is 0 Å². The molecule has 0 aromatic rings. The van der Waals surface area contributed by atoms with Gasteiger partial charge in [-0.15, -0.1) is 0 Å². The molecule has 0 spiro atoms. The Morgan fingerprint density at radius 3 is 1.09 bits per heavy atom. The maximum Gasteiger partial charge on any atom is 0.472 e. The molecule has 0 amide bonds. The van der Waals surface area contributed by atoms with Crippen molar-refractivity contribution < 1.29 is 52.2 Å². The van der Waals surface area contributed by atoms with Gasteiger partial charge in [0.05, 0.1) is 19.8 Å². The van der Waals surface area contributed by atoms with Crippen LogP contribution in [0.5, 0.6) is 0 Å². The van der Waals surface area contributed by atoms with Gasteiger partial charge in [-0.05, 0) is 89.9 Å². The first kappa shape index (κ1) is 74.7. The second kappa shape index (κ2) is 59.8. The van der Waals surface area contributed by atoms with Crippen LogP contribution in [-0.4, -0.2) is 66.5 Å². The van der Waals surface area contributed by atoms with Crippen molar-refractivity contribution >= 4 is 25.7 Å². The summed E-state index contributed by atoms with van der Waals surface area (Å²) in [5.74, 6) is -1.51. The van der Waals surface area contributed by atoms with E-state index in [1.54, 1.807) is 0 Å². The Balaban J connectivity index is 4.70. The minimum atomic E-state index is -4.77. The first-order valence-corrected chi connectivity index (χ1v) is 33.0. The van der Waals surface area contributed by atoms with Crippen molar-refractivity contribution in [3.63, 3.8) is 0 Å². The molecule has 11 nitrogen and oxygen atoms in total. The van der Waals surface area contributed by atoms with Gasteiger partial charge in [0.25, 0.3) is 0 Å². The Hall–Kier alpha value is -3.34. The molecule has 0 fully saturated rings. The number of esters is 3. The molecule has 0 aliphatic carbocycles. The molecule has 0 rings (SSSR count). The van der Waals surface area contributed by atoms with Crippen LogP contribution in [0.3, 0.4) is 0 Å². The maximum absolute atomic E-state index is 12.9. The smallest absolute Gasteiger partial charge is 0.462 e. The Labute approximate surface area is 477 Å². The molecular formula is C66H115O11P. The molecule has 0 aromatic carbocycles. The molecule has 78 heavy (non-hydrogen) atoms. The summed E-state index contributed by atoms with van der Waals surface area (Å²) in [4.78, 5) is 48.7. The van der Waals surface area contributed by atoms with Crippen LogP contribution in [0.2, 0.25) is 0 Å². The number of aliphatic hydroxyl groups is 1. The molecule has 0 aliphatic rings. The number of allylic oxidation sites excluding steroid dienone is 14. The third-order valence-electron chi connectivity index (χ3n) is 13.3. The van der Waals surface area contributed by atoms with E-state index in [4.69, 9.17) is 23.3 Å². The highest BCUT2D eigenvalue weighted by Gasteiger charge is 2.28. The van der Waals surface area contributed by atoms with Crippen LogP contribution in [0, 0.1) is 0 Å². The molecular weight excluding hydrogens is 1000 g/mol. The van der Waals surface area contributed by atoms with Crippen LogP contribution in [0.15, 0.2) is 85.1 Å². The average molecular weight is 1120 g/mol. The third kappa shape index (κ3) is 57.3. The molecule has 0 saturated heterocycles. The van der Waals surface area contributed by atoms with Crippen LogP contribution in [0.25, 0.3) is 0 Å². The van der Waals surface area contributed by atoms with Crippen molar-refractivity contribution in [1.82, 2.24) is 0 Å². The lowest BCUT2D eigenvalue weighted by atomic mass is 10.0. The van der Waals surface area contributed by atoms with Crippen molar-refractivity contribution in [2.75, 3.05) is 26.4 Å². The van der Waals surface area contributed by atoms with Crippen molar-refractivity contribution in [2.45, 2.75) is 290 Å². The number of unbranched alkanes of at least 4 members (excludes halogenated alkanes) is 27. The summed E-state index contributed by atoms with van der Waals surface area (Å²) >= 11 is 0. The largest absolute Gasteiger partial charge is 0.472 e. The lowest BCUT2D eigenvalue weighted by Gasteiger charge is -2.21. The zero-order valence-electron chi connectivity index (χ0n) is 49.9. The molecule has 12 heteroatoms. The van der Waals surface area contributed by atoms with E-state index in [2.05, 4.69) is 106 Å². The third-order valence-corrected chi connectivity index (χ3v) is 14.2. The SMILES string of the molecule is CC/C=C\C/C=C\C/C=C\C/C=C\C/C=C\CCCCCC(=O)OC(COC(=O)CCCCCCC/C=C\C/C=C\CCC)COP(=O)(O)OCC(CO)OC(=O)CCCCCCCCCCCCCCCCCCCCC. The molecule has 0 aliphatic heterocycles. The summed E-state index contributed by atoms with van der Waals surface area (Å²) in [6.07, 6.45) is 69.7. The lowest BCUT2D eigenvalue weighted by Crippen LogP contribution is -2.30. The van der Waals surface area contributed by atoms with Gasteiger partial charge in [-0.25, -0.2) is 4.57 Å². The average Bonchev–Trinajstić information content (AvgIpc) is 3.43. The molecule has 3 atom stereocenters. The van der Waals surface area contributed by atoms with Gasteiger partial charge in [0.15, 0.2) is 6.10 Å². The van der Waals surface area contributed by atoms with Crippen molar-refractivity contribution in [3.8, 4) is 0 Å². The van der Waals surface area contributed by atoms with Gasteiger partial charge >= 0.3 is 25.7 Å². The topological polar surface area (TPSA) is 155 Å². The molecule has 0 bridgehead atoms. The highest BCUT2D eigenvalue weighted by atomic mass is 31.2. The fourth-order valence-corrected chi connectivity index (χ4v) is 9.32. The Morgan fingerprint density at radius 2 is 0.692 bits per heavy atom. The van der Waals surface area contributed by atoms with Crippen molar-refractivity contribution in [3.05, 3.63) is 85.1 Å². The highest BCUT2D eigenvalue weighted by Crippen LogP contribution is 2.43. The van der Waals surface area contributed by atoms with Gasteiger partial charge in [-0.3, -0.25) is 23.4 Å². The summed E-state index contributed by atoms with van der Waals surface area (Å²) < 4.78 is 39.6. The molecule has 0 heterocycles. The fraction of sp³-hybridized carbons (Fsp3) is 0.742. The number of phosphoric acid groups is 1. The zero-order chi connectivity index (χ0) is 56.9. The van der Waals surface area contributed by atoms with Crippen LogP contribution in [0.1, 0.15) is 278 Å². The van der Waals surface area contributed by atoms with Crippen LogP contribution in [0.4, 0.5) is 0 Å². The standard InChI is InChI=1S/C66H115O11P/c1-4-7-10-13-16-19-22-25-27-29-31-33-35-38-41-44-47-50-53-56-65(69)76-62(58-67)60-74-78(71,72)75-61-63(59-73-64(68)55-52-49-46-43-40-37-24-21-18-15-12-9-6-3)77-66(70)57-54-51-48-45-42-39-36-34-32-30-28-26-23-20-17-14-11-8-5-2/h8,11-12,15,17,20-21,24,26,28,32,34,39,42,62-63,67H,4-7,9-10,13-14,16,18-19,22-23,25,27,29-31,33,35-38,40-41,43-61H2,1-3H3,(H,71,72)/b11-8-,15-12-,20-17-,24-21-,28-26-,34-32-,42-39-. The van der Waals surface area contributed by atoms with Gasteiger partial charge in [0.2, 0.25) is 0 Å². The number of hydrogen-bond acceptors (Lipinski definition) is 10. The van der Waals surface area contributed by atoms with Gasteiger partial charge in [-0.1, -0.05) is 254 Å². The Morgan fingerprint density at radius 1 is 0.372 bits per heavy atom. The van der Waals surface area contributed by atoms with Gasteiger partial charge in [0, 0.05) is 19.3 Å². The minimum absolute atomic E-state index is 0.123. The molecule has 0 radical (unpaired) electrons. The zero-order valence-corrected chi connectivity index (χ0v) is 50.8. The second-order valence-corrected chi connectivity index (χ2v) is 22.3. The summed E-state index contributed by atoms with van der Waals surface area (Å²) in [5, 5.41) is 9.85. The Bertz CT molecular complexity index is 1630. The predicted octanol–water partition coefficient (Wildman–Crippen LogP) is 19.0. The molecule has 0 aromatic heterocycles. The first-order chi connectivity index (χ1) is 38.2. The van der Waals surface area contributed by atoms with Gasteiger partial charge in [0.1, 0.15) is 12.7 Å². The normalized spacial score (nSPS) is 13.9. The monoisotopic (exact) mass is 1110 g/mol. The fourth-order valence-electron chi connectivity index (χ4n) is 8.54. The second-order valence-electron chi connectivity index (χ2n) is 20.8. The highest BCUT2D eigenvalue weighted by molar-refractivity contribution is 7.47. The Kier molecular flexibility index (Phi) is 57.2. The molecule has 3 unspecified atom stereocenters. The maximum atomic E-state index is 12.9. The minimum Gasteiger partial charge on any atom is -0.462 e. The van der Waals surface area contributed by atoms with Crippen LogP contribution >= 0.6 is 7.82 Å². The van der Waals surface area contributed by atoms with E-state index in [1.807, 2.05) is 0 Å². The number of hydrogen-bond donors (Lipinski definition) is 2. The predicted molar refractivity (Wildman–Crippen MR) is 325 cm³/mol. The van der Waals surface area contributed by atoms with E-state index in [-0.39, 0.29) is 25.9 Å². The van der Waals surface area contributed by atoms with E-state index in [0.717, 1.165) is 116 Å². The quantitative estimate of drug-likeness (QED) is 0.0197. The summed E-state index contributed by atoms with van der Waals surface area (Å²) in [7, 11) is -4.77. The van der Waals surface area contributed by atoms with E-state index in [0.29, 0.717) is 19.3 Å². The number of aliphatic hydroxyl groups excluding tert-OH is 1. The first-order valence-electron chi connectivity index (χ1n) is 31.5. The number of ether oxygens (including phenoxy) is 3. The number of carbonyl (C=O) groups excluding carboxylic acids is 3. The van der Waals surface area contributed by atoms with E-state index in [9.17, 15) is 28.9 Å². The van der Waals surface area contributed by atoms with Crippen LogP contribution < -0.4 is 0 Å². The summed E-state index contributed by atoms with van der Waals surface area (Å²) in [6.45, 7) is 4.45. The molecule has 0 saturated carbocycles. The number of rotatable bonds is 58. The van der Waals surface area contributed by atoms with Crippen molar-refractivity contribution in [2.24, 2.45) is 0 Å². The van der Waals surface area contributed by atoms with E-state index in [1.165, 1.54) is 103 Å². The van der Waals surface area contributed by atoms with E-state index < -0.39 is 57.8 Å². The molecule has 2 N–H and O–H groups in total. The van der Waals surface area contributed by atoms with Gasteiger partial charge < -0.3 is 24.2 Å². The number of carbonyl (C=O) groups is 3. The molecule has 450 valence electrons. The van der Waals surface area contributed by atoms with Crippen LogP contribution in [-0.2, 0) is 42.2 Å². The van der Waals surface area contributed by atoms with Gasteiger partial charge in [-0.2, -0.15) is 0 Å². The van der Waals surface area contributed by atoms with Crippen molar-refractivity contribution in [1.29, 1.82) is 0 Å². The lowest BCUT2D eigenvalue weighted by molar-refractivity contribution is -0.161. The summed E-state index contributed by atoms with van der Waals surface area (Å²) in [5.41, 5.74) is 0. The summed E-state index contributed by atoms with van der Waals surface area (Å²) in [6, 6.07) is 0.